The zero-order valence-corrected chi connectivity index (χ0v) is 9.72. The maximum absolute atomic E-state index is 13.1. The van der Waals surface area contributed by atoms with Crippen molar-refractivity contribution >= 4 is 11.8 Å². The topological polar surface area (TPSA) is 20.2 Å². The van der Waals surface area contributed by atoms with Crippen molar-refractivity contribution in [3.05, 3.63) is 35.1 Å². The van der Waals surface area contributed by atoms with E-state index in [2.05, 4.69) is 13.8 Å². The SMILES string of the molecule is CC(C)C1SCc2ccc(F)cc2C1O. The zero-order chi connectivity index (χ0) is 11.0. The van der Waals surface area contributed by atoms with Gasteiger partial charge < -0.3 is 5.11 Å². The fourth-order valence-corrected chi connectivity index (χ4v) is 3.33. The number of thioether (sulfide) groups is 1. The van der Waals surface area contributed by atoms with Gasteiger partial charge in [0.15, 0.2) is 0 Å². The van der Waals surface area contributed by atoms with Gasteiger partial charge in [-0.15, -0.1) is 0 Å². The van der Waals surface area contributed by atoms with Gasteiger partial charge in [0, 0.05) is 11.0 Å². The molecule has 0 amide bonds. The van der Waals surface area contributed by atoms with Crippen LogP contribution in [0.2, 0.25) is 0 Å². The van der Waals surface area contributed by atoms with Gasteiger partial charge in [0.1, 0.15) is 5.82 Å². The molecule has 0 saturated carbocycles. The fourth-order valence-electron chi connectivity index (χ4n) is 1.98. The standard InChI is InChI=1S/C12H15FOS/c1-7(2)12-11(14)10-5-9(13)4-3-8(10)6-15-12/h3-5,7,11-12,14H,6H2,1-2H3. The number of aliphatic hydroxyl groups is 1. The summed E-state index contributed by atoms with van der Waals surface area (Å²) >= 11 is 1.76. The van der Waals surface area contributed by atoms with E-state index < -0.39 is 6.10 Å². The summed E-state index contributed by atoms with van der Waals surface area (Å²) in [6, 6.07) is 4.70. The molecule has 1 aromatic rings. The zero-order valence-electron chi connectivity index (χ0n) is 8.90. The summed E-state index contributed by atoms with van der Waals surface area (Å²) in [5.74, 6) is 1.01. The highest BCUT2D eigenvalue weighted by Crippen LogP contribution is 2.41. The third-order valence-corrected chi connectivity index (χ3v) is 4.49. The maximum Gasteiger partial charge on any atom is 0.123 e. The van der Waals surface area contributed by atoms with Gasteiger partial charge in [-0.2, -0.15) is 11.8 Å². The third-order valence-electron chi connectivity index (χ3n) is 2.83. The normalized spacial score (nSPS) is 25.4. The molecule has 1 aliphatic heterocycles. The second-order valence-corrected chi connectivity index (χ2v) is 5.47. The van der Waals surface area contributed by atoms with E-state index in [0.29, 0.717) is 5.92 Å². The largest absolute Gasteiger partial charge is 0.387 e. The van der Waals surface area contributed by atoms with Crippen molar-refractivity contribution in [2.24, 2.45) is 5.92 Å². The Hall–Kier alpha value is -0.540. The van der Waals surface area contributed by atoms with Gasteiger partial charge in [-0.05, 0) is 29.2 Å². The minimum Gasteiger partial charge on any atom is -0.387 e. The van der Waals surface area contributed by atoms with Crippen molar-refractivity contribution in [2.45, 2.75) is 31.0 Å². The lowest BCUT2D eigenvalue weighted by molar-refractivity contribution is 0.155. The number of rotatable bonds is 1. The molecule has 1 nitrogen and oxygen atoms in total. The average Bonchev–Trinajstić information content (AvgIpc) is 2.19. The van der Waals surface area contributed by atoms with Crippen LogP contribution in [0.4, 0.5) is 4.39 Å². The minimum absolute atomic E-state index is 0.180. The molecule has 0 bridgehead atoms. The monoisotopic (exact) mass is 226 g/mol. The molecule has 0 spiro atoms. The molecular formula is C12H15FOS. The molecule has 15 heavy (non-hydrogen) atoms. The molecule has 2 atom stereocenters. The van der Waals surface area contributed by atoms with Crippen molar-refractivity contribution in [3.63, 3.8) is 0 Å². The fraction of sp³-hybridized carbons (Fsp3) is 0.500. The molecule has 82 valence electrons. The lowest BCUT2D eigenvalue weighted by Crippen LogP contribution is -2.25. The molecule has 1 aromatic carbocycles. The van der Waals surface area contributed by atoms with Crippen LogP contribution in [0.15, 0.2) is 18.2 Å². The molecule has 3 heteroatoms. The molecule has 0 saturated heterocycles. The average molecular weight is 226 g/mol. The Kier molecular flexibility index (Phi) is 3.03. The first-order valence-corrected chi connectivity index (χ1v) is 6.22. The molecular weight excluding hydrogens is 211 g/mol. The summed E-state index contributed by atoms with van der Waals surface area (Å²) in [7, 11) is 0. The molecule has 1 aliphatic rings. The van der Waals surface area contributed by atoms with Crippen LogP contribution in [0.3, 0.4) is 0 Å². The highest BCUT2D eigenvalue weighted by molar-refractivity contribution is 7.99. The predicted molar refractivity (Wildman–Crippen MR) is 61.3 cm³/mol. The Balaban J connectivity index is 2.36. The van der Waals surface area contributed by atoms with Crippen molar-refractivity contribution in [1.82, 2.24) is 0 Å². The Bertz CT molecular complexity index is 365. The first-order valence-electron chi connectivity index (χ1n) is 5.17. The van der Waals surface area contributed by atoms with Crippen LogP contribution in [0.25, 0.3) is 0 Å². The molecule has 2 unspecified atom stereocenters. The lowest BCUT2D eigenvalue weighted by Gasteiger charge is -2.32. The van der Waals surface area contributed by atoms with E-state index in [1.54, 1.807) is 17.8 Å². The summed E-state index contributed by atoms with van der Waals surface area (Å²) < 4.78 is 13.1. The van der Waals surface area contributed by atoms with Crippen molar-refractivity contribution in [2.75, 3.05) is 0 Å². The molecule has 0 fully saturated rings. The van der Waals surface area contributed by atoms with Crippen molar-refractivity contribution in [1.29, 1.82) is 0 Å². The second-order valence-electron chi connectivity index (χ2n) is 4.31. The summed E-state index contributed by atoms with van der Waals surface area (Å²) in [5, 5.41) is 10.3. The summed E-state index contributed by atoms with van der Waals surface area (Å²) in [6.45, 7) is 4.18. The Morgan fingerprint density at radius 1 is 1.47 bits per heavy atom. The van der Waals surface area contributed by atoms with Crippen LogP contribution in [-0.2, 0) is 5.75 Å². The number of aliphatic hydroxyl groups excluding tert-OH is 1. The number of hydrogen-bond donors (Lipinski definition) is 1. The number of fused-ring (bicyclic) bond motifs is 1. The van der Waals surface area contributed by atoms with Gasteiger partial charge in [0.2, 0.25) is 0 Å². The highest BCUT2D eigenvalue weighted by atomic mass is 32.2. The third kappa shape index (κ3) is 2.04. The van der Waals surface area contributed by atoms with E-state index in [-0.39, 0.29) is 11.1 Å². The summed E-state index contributed by atoms with van der Waals surface area (Å²) in [5.41, 5.74) is 1.83. The van der Waals surface area contributed by atoms with E-state index in [9.17, 15) is 9.50 Å². The van der Waals surface area contributed by atoms with Gasteiger partial charge in [-0.3, -0.25) is 0 Å². The molecule has 2 rings (SSSR count). The Morgan fingerprint density at radius 3 is 2.87 bits per heavy atom. The van der Waals surface area contributed by atoms with Gasteiger partial charge in [0.05, 0.1) is 6.10 Å². The van der Waals surface area contributed by atoms with Gasteiger partial charge in [-0.25, -0.2) is 4.39 Å². The molecule has 1 N–H and O–H groups in total. The van der Waals surface area contributed by atoms with E-state index >= 15 is 0 Å². The number of benzene rings is 1. The van der Waals surface area contributed by atoms with Crippen LogP contribution >= 0.6 is 11.8 Å². The van der Waals surface area contributed by atoms with Crippen LogP contribution in [0.5, 0.6) is 0 Å². The van der Waals surface area contributed by atoms with Crippen LogP contribution in [0, 0.1) is 11.7 Å². The summed E-state index contributed by atoms with van der Waals surface area (Å²) in [6.07, 6.45) is -0.533. The van der Waals surface area contributed by atoms with Gasteiger partial charge >= 0.3 is 0 Å². The molecule has 0 radical (unpaired) electrons. The first kappa shape index (κ1) is 11.0. The van der Waals surface area contributed by atoms with Crippen molar-refractivity contribution < 1.29 is 9.50 Å². The smallest absolute Gasteiger partial charge is 0.123 e. The molecule has 0 aromatic heterocycles. The van der Waals surface area contributed by atoms with Crippen molar-refractivity contribution in [3.8, 4) is 0 Å². The highest BCUT2D eigenvalue weighted by Gasteiger charge is 2.30. The Morgan fingerprint density at radius 2 is 2.20 bits per heavy atom. The number of halogens is 1. The molecule has 0 aliphatic carbocycles. The Labute approximate surface area is 93.7 Å². The van der Waals surface area contributed by atoms with Crippen LogP contribution < -0.4 is 0 Å². The van der Waals surface area contributed by atoms with E-state index in [1.165, 1.54) is 12.1 Å². The summed E-state index contributed by atoms with van der Waals surface area (Å²) in [4.78, 5) is 0. The predicted octanol–water partition coefficient (Wildman–Crippen LogP) is 3.13. The van der Waals surface area contributed by atoms with E-state index in [1.807, 2.05) is 0 Å². The van der Waals surface area contributed by atoms with E-state index in [4.69, 9.17) is 0 Å². The quantitative estimate of drug-likeness (QED) is 0.794. The molecule has 1 heterocycles. The van der Waals surface area contributed by atoms with Crippen LogP contribution in [-0.4, -0.2) is 10.4 Å². The second kappa shape index (κ2) is 4.14. The van der Waals surface area contributed by atoms with Crippen LogP contribution in [0.1, 0.15) is 31.1 Å². The van der Waals surface area contributed by atoms with Gasteiger partial charge in [0.25, 0.3) is 0 Å². The maximum atomic E-state index is 13.1. The lowest BCUT2D eigenvalue weighted by atomic mass is 9.95. The number of hydrogen-bond acceptors (Lipinski definition) is 2. The first-order chi connectivity index (χ1) is 7.09. The minimum atomic E-state index is -0.533. The van der Waals surface area contributed by atoms with E-state index in [0.717, 1.165) is 16.9 Å². The van der Waals surface area contributed by atoms with Gasteiger partial charge in [-0.1, -0.05) is 19.9 Å².